The minimum absolute atomic E-state index is 0.146. The van der Waals surface area contributed by atoms with E-state index in [0.29, 0.717) is 24.8 Å². The zero-order valence-corrected chi connectivity index (χ0v) is 14.4. The van der Waals surface area contributed by atoms with Crippen LogP contribution in [0.25, 0.3) is 5.57 Å². The molecule has 0 bridgehead atoms. The van der Waals surface area contributed by atoms with E-state index in [1.165, 1.54) is 6.08 Å². The minimum atomic E-state index is -4.61. The number of nitrogens with zero attached hydrogens (tertiary/aromatic N) is 3. The minimum Gasteiger partial charge on any atom is -0.343 e. The molecule has 12 heteroatoms. The predicted octanol–water partition coefficient (Wildman–Crippen LogP) is 3.73. The predicted molar refractivity (Wildman–Crippen MR) is 84.9 cm³/mol. The zero-order valence-electron chi connectivity index (χ0n) is 14.4. The van der Waals surface area contributed by atoms with Gasteiger partial charge in [-0.2, -0.15) is 41.3 Å². The molecule has 27 heavy (non-hydrogen) atoms. The summed E-state index contributed by atoms with van der Waals surface area (Å²) in [6.45, 7) is 1.64. The number of halogens is 6. The quantitative estimate of drug-likeness (QED) is 0.737. The fourth-order valence-electron chi connectivity index (χ4n) is 2.17. The highest BCUT2D eigenvalue weighted by atomic mass is 19.4. The highest BCUT2D eigenvalue weighted by Gasteiger charge is 2.38. The van der Waals surface area contributed by atoms with Crippen molar-refractivity contribution in [2.75, 3.05) is 10.6 Å². The number of hydrogen-bond donors (Lipinski definition) is 2. The molecular weight excluding hydrogens is 380 g/mol. The maximum atomic E-state index is 12.8. The Morgan fingerprint density at radius 2 is 1.37 bits per heavy atom. The van der Waals surface area contributed by atoms with Crippen molar-refractivity contribution in [1.29, 1.82) is 0 Å². The molecule has 1 aliphatic rings. The first-order valence-electron chi connectivity index (χ1n) is 8.02. The van der Waals surface area contributed by atoms with Gasteiger partial charge in [0.05, 0.1) is 0 Å². The van der Waals surface area contributed by atoms with Gasteiger partial charge in [0.25, 0.3) is 0 Å². The molecular formula is C15H17F6N5O. The second kappa shape index (κ2) is 7.69. The topological polar surface area (TPSA) is 79.8 Å². The molecule has 1 aromatic rings. The van der Waals surface area contributed by atoms with Crippen LogP contribution < -0.4 is 10.6 Å². The zero-order chi connectivity index (χ0) is 20.4. The molecule has 6 nitrogen and oxygen atoms in total. The van der Waals surface area contributed by atoms with Gasteiger partial charge in [-0.15, -0.1) is 0 Å². The molecule has 0 aliphatic heterocycles. The van der Waals surface area contributed by atoms with Crippen molar-refractivity contribution in [2.24, 2.45) is 0 Å². The fraction of sp³-hybridized carbons (Fsp3) is 0.600. The van der Waals surface area contributed by atoms with E-state index in [9.17, 15) is 31.1 Å². The van der Waals surface area contributed by atoms with Crippen molar-refractivity contribution < 1.29 is 31.1 Å². The summed E-state index contributed by atoms with van der Waals surface area (Å²) in [7, 11) is 0. The summed E-state index contributed by atoms with van der Waals surface area (Å²) in [5, 5.41) is 4.01. The Balaban J connectivity index is 2.39. The van der Waals surface area contributed by atoms with Crippen LogP contribution >= 0.6 is 0 Å². The van der Waals surface area contributed by atoms with Gasteiger partial charge in [0.2, 0.25) is 11.9 Å². The lowest BCUT2D eigenvalue weighted by Crippen LogP contribution is -2.35. The molecule has 1 aliphatic carbocycles. The molecule has 1 aromatic heterocycles. The molecule has 150 valence electrons. The Bertz CT molecular complexity index is 690. The number of allylic oxidation sites excluding steroid dienone is 2. The van der Waals surface area contributed by atoms with E-state index in [1.807, 2.05) is 10.6 Å². The summed E-state index contributed by atoms with van der Waals surface area (Å²) in [6.07, 6.45) is -6.81. The highest BCUT2D eigenvalue weighted by molar-refractivity contribution is 5.97. The molecule has 2 rings (SSSR count). The first-order chi connectivity index (χ1) is 12.4. The van der Waals surface area contributed by atoms with E-state index < -0.39 is 36.3 Å². The molecule has 0 radical (unpaired) electrons. The van der Waals surface area contributed by atoms with Gasteiger partial charge in [0, 0.05) is 12.0 Å². The van der Waals surface area contributed by atoms with Crippen LogP contribution in [-0.2, 0) is 4.79 Å². The number of anilines is 2. The van der Waals surface area contributed by atoms with Crippen molar-refractivity contribution in [2.45, 2.75) is 57.5 Å². The van der Waals surface area contributed by atoms with Gasteiger partial charge in [-0.05, 0) is 32.8 Å². The van der Waals surface area contributed by atoms with E-state index in [-0.39, 0.29) is 11.6 Å². The number of nitrogens with one attached hydrogen (secondary N) is 2. The molecule has 0 fully saturated rings. The van der Waals surface area contributed by atoms with Crippen LogP contribution in [-0.4, -0.2) is 45.2 Å². The van der Waals surface area contributed by atoms with Gasteiger partial charge in [0.15, 0.2) is 11.6 Å². The van der Waals surface area contributed by atoms with Crippen molar-refractivity contribution in [1.82, 2.24) is 15.0 Å². The second-order valence-electron chi connectivity index (χ2n) is 6.11. The third-order valence-corrected chi connectivity index (χ3v) is 3.80. The van der Waals surface area contributed by atoms with Crippen molar-refractivity contribution in [3.63, 3.8) is 0 Å². The van der Waals surface area contributed by atoms with Gasteiger partial charge in [-0.25, -0.2) is 0 Å². The van der Waals surface area contributed by atoms with E-state index in [0.717, 1.165) is 13.8 Å². The first kappa shape index (κ1) is 20.9. The van der Waals surface area contributed by atoms with Gasteiger partial charge in [-0.1, -0.05) is 0 Å². The number of ketones is 1. The Morgan fingerprint density at radius 1 is 0.889 bits per heavy atom. The van der Waals surface area contributed by atoms with Gasteiger partial charge in [0.1, 0.15) is 12.1 Å². The molecule has 2 N–H and O–H groups in total. The Kier molecular flexibility index (Phi) is 5.95. The largest absolute Gasteiger partial charge is 0.408 e. The van der Waals surface area contributed by atoms with E-state index >= 15 is 0 Å². The summed E-state index contributed by atoms with van der Waals surface area (Å²) in [6, 6.07) is -4.08. The van der Waals surface area contributed by atoms with Gasteiger partial charge in [-0.3, -0.25) is 4.79 Å². The summed E-state index contributed by atoms with van der Waals surface area (Å²) >= 11 is 0. The number of alkyl halides is 6. The van der Waals surface area contributed by atoms with Crippen LogP contribution in [0.3, 0.4) is 0 Å². The van der Waals surface area contributed by atoms with Crippen molar-refractivity contribution in [3.05, 3.63) is 11.9 Å². The van der Waals surface area contributed by atoms with Crippen LogP contribution in [0.2, 0.25) is 0 Å². The number of rotatable bonds is 5. The summed E-state index contributed by atoms with van der Waals surface area (Å²) < 4.78 is 76.5. The third kappa shape index (κ3) is 5.79. The summed E-state index contributed by atoms with van der Waals surface area (Å²) in [5.74, 6) is -1.44. The molecule has 0 aromatic carbocycles. The SMILES string of the molecule is CC(Nc1nc(NC(C)C(F)(F)F)nc(C2=CC(=O)CCC2)n1)C(F)(F)F. The normalized spacial score (nSPS) is 17.9. The van der Waals surface area contributed by atoms with Crippen molar-refractivity contribution in [3.8, 4) is 0 Å². The maximum absolute atomic E-state index is 12.8. The number of carbonyl (C=O) groups is 1. The van der Waals surface area contributed by atoms with Crippen LogP contribution in [0.4, 0.5) is 38.2 Å². The average molecular weight is 397 g/mol. The highest BCUT2D eigenvalue weighted by Crippen LogP contribution is 2.27. The van der Waals surface area contributed by atoms with E-state index in [2.05, 4.69) is 15.0 Å². The molecule has 2 atom stereocenters. The van der Waals surface area contributed by atoms with Crippen LogP contribution in [0.5, 0.6) is 0 Å². The van der Waals surface area contributed by atoms with E-state index in [4.69, 9.17) is 0 Å². The van der Waals surface area contributed by atoms with Crippen LogP contribution in [0, 0.1) is 0 Å². The molecule has 0 spiro atoms. The van der Waals surface area contributed by atoms with E-state index in [1.54, 1.807) is 0 Å². The molecule has 1 heterocycles. The van der Waals surface area contributed by atoms with Crippen molar-refractivity contribution >= 4 is 23.3 Å². The lowest BCUT2D eigenvalue weighted by molar-refractivity contribution is -0.139. The van der Waals surface area contributed by atoms with Gasteiger partial charge < -0.3 is 10.6 Å². The molecule has 0 saturated carbocycles. The molecule has 0 saturated heterocycles. The average Bonchev–Trinajstić information content (AvgIpc) is 2.52. The van der Waals surface area contributed by atoms with Gasteiger partial charge >= 0.3 is 12.4 Å². The van der Waals surface area contributed by atoms with Crippen LogP contribution in [0.15, 0.2) is 6.08 Å². The number of carbonyl (C=O) groups excluding carboxylic acids is 1. The Hall–Kier alpha value is -2.40. The monoisotopic (exact) mass is 397 g/mol. The Labute approximate surface area is 150 Å². The molecule has 0 amide bonds. The van der Waals surface area contributed by atoms with Crippen LogP contribution in [0.1, 0.15) is 38.9 Å². The smallest absolute Gasteiger partial charge is 0.343 e. The number of hydrogen-bond acceptors (Lipinski definition) is 6. The maximum Gasteiger partial charge on any atom is 0.408 e. The fourth-order valence-corrected chi connectivity index (χ4v) is 2.17. The summed E-state index contributed by atoms with van der Waals surface area (Å²) in [5.41, 5.74) is 0.332. The summed E-state index contributed by atoms with van der Waals surface area (Å²) in [4.78, 5) is 22.8. The second-order valence-corrected chi connectivity index (χ2v) is 6.11. The lowest BCUT2D eigenvalue weighted by Gasteiger charge is -2.20. The molecule has 2 unspecified atom stereocenters. The lowest BCUT2D eigenvalue weighted by atomic mass is 9.98. The Morgan fingerprint density at radius 3 is 1.78 bits per heavy atom. The third-order valence-electron chi connectivity index (χ3n) is 3.80. The number of aromatic nitrogens is 3. The standard InChI is InChI=1S/C15H17F6N5O/c1-7(14(16,17)18)22-12-24-11(9-4-3-5-10(27)6-9)25-13(26-12)23-8(2)15(19,20)21/h6-8H,3-5H2,1-2H3,(H2,22,23,24,25,26). The first-order valence-corrected chi connectivity index (χ1v) is 8.02.